The van der Waals surface area contributed by atoms with Gasteiger partial charge in [0.2, 0.25) is 0 Å². The van der Waals surface area contributed by atoms with Crippen molar-refractivity contribution in [2.24, 2.45) is 5.10 Å². The van der Waals surface area contributed by atoms with Crippen LogP contribution in [0.4, 0.5) is 5.82 Å². The van der Waals surface area contributed by atoms with Crippen LogP contribution in [-0.2, 0) is 0 Å². The van der Waals surface area contributed by atoms with Gasteiger partial charge < -0.3 is 5.32 Å². The maximum atomic E-state index is 8.94. The lowest BCUT2D eigenvalue weighted by atomic mass is 9.77. The van der Waals surface area contributed by atoms with Gasteiger partial charge >= 0.3 is 0 Å². The lowest BCUT2D eigenvalue weighted by Gasteiger charge is -2.34. The highest BCUT2D eigenvalue weighted by Gasteiger charge is 2.33. The van der Waals surface area contributed by atoms with Crippen LogP contribution >= 0.6 is 11.6 Å². The van der Waals surface area contributed by atoms with Crippen molar-refractivity contribution in [1.29, 1.82) is 5.41 Å². The second-order valence-electron chi connectivity index (χ2n) is 7.68. The highest BCUT2D eigenvalue weighted by Crippen LogP contribution is 2.44. The molecule has 1 aromatic heterocycles. The summed E-state index contributed by atoms with van der Waals surface area (Å²) in [5, 5.41) is 17.6. The van der Waals surface area contributed by atoms with E-state index in [9.17, 15) is 0 Å². The molecule has 0 saturated carbocycles. The average Bonchev–Trinajstić information content (AvgIpc) is 2.79. The molecular weight excluding hydrogens is 394 g/mol. The van der Waals surface area contributed by atoms with Crippen molar-refractivity contribution in [3.8, 4) is 0 Å². The van der Waals surface area contributed by atoms with Crippen LogP contribution in [0, 0.1) is 5.41 Å². The number of allylic oxidation sites excluding steroid dienone is 2. The molecule has 5 nitrogen and oxygen atoms in total. The largest absolute Gasteiger partial charge is 0.343 e. The molecule has 0 fully saturated rings. The summed E-state index contributed by atoms with van der Waals surface area (Å²) in [7, 11) is 0. The van der Waals surface area contributed by atoms with Gasteiger partial charge in [-0.05, 0) is 54.5 Å². The first-order valence-corrected chi connectivity index (χ1v) is 10.6. The van der Waals surface area contributed by atoms with Crippen molar-refractivity contribution in [2.75, 3.05) is 5.32 Å². The Labute approximate surface area is 180 Å². The molecule has 0 bridgehead atoms. The number of aromatic nitrogens is 2. The molecule has 2 N–H and O–H groups in total. The van der Waals surface area contributed by atoms with Gasteiger partial charge in [-0.1, -0.05) is 54.1 Å². The molecule has 1 atom stereocenters. The predicted octanol–water partition coefficient (Wildman–Crippen LogP) is 5.28. The van der Waals surface area contributed by atoms with Gasteiger partial charge in [0.15, 0.2) is 5.49 Å². The lowest BCUT2D eigenvalue weighted by molar-refractivity contribution is 0.621. The van der Waals surface area contributed by atoms with E-state index in [4.69, 9.17) is 17.0 Å². The van der Waals surface area contributed by atoms with Gasteiger partial charge in [-0.3, -0.25) is 5.41 Å². The molecule has 0 spiro atoms. The van der Waals surface area contributed by atoms with Gasteiger partial charge in [-0.2, -0.15) is 5.10 Å². The standard InChI is InChI=1S/C24H22ClN5/c25-18-12-10-16(11-13-18)14-28-30-15-27-24-22(23(30)26)21(17-6-2-1-3-7-17)19-8-4-5-9-20(19)29-24/h1-3,6-7,10-15,21,26,29H,4-5,8-9H2/b26-23?,28-14+. The van der Waals surface area contributed by atoms with E-state index in [1.807, 2.05) is 30.3 Å². The highest BCUT2D eigenvalue weighted by molar-refractivity contribution is 6.30. The first-order chi connectivity index (χ1) is 14.7. The lowest BCUT2D eigenvalue weighted by Crippen LogP contribution is -2.32. The maximum Gasteiger partial charge on any atom is 0.155 e. The molecule has 1 aliphatic carbocycles. The number of hydrogen-bond acceptors (Lipinski definition) is 4. The summed E-state index contributed by atoms with van der Waals surface area (Å²) in [6.07, 6.45) is 7.79. The van der Waals surface area contributed by atoms with Gasteiger partial charge in [0.1, 0.15) is 12.1 Å². The summed E-state index contributed by atoms with van der Waals surface area (Å²) in [5.74, 6) is 0.809. The maximum absolute atomic E-state index is 8.94. The first kappa shape index (κ1) is 18.8. The Morgan fingerprint density at radius 1 is 1.07 bits per heavy atom. The normalized spacial score (nSPS) is 18.1. The van der Waals surface area contributed by atoms with Crippen molar-refractivity contribution >= 4 is 23.6 Å². The third-order valence-electron chi connectivity index (χ3n) is 5.79. The number of anilines is 1. The van der Waals surface area contributed by atoms with Crippen LogP contribution in [-0.4, -0.2) is 15.9 Å². The molecule has 5 rings (SSSR count). The van der Waals surface area contributed by atoms with Crippen LogP contribution in [0.25, 0.3) is 0 Å². The summed E-state index contributed by atoms with van der Waals surface area (Å²) in [4.78, 5) is 4.64. The number of fused-ring (bicyclic) bond motifs is 1. The predicted molar refractivity (Wildman–Crippen MR) is 120 cm³/mol. The van der Waals surface area contributed by atoms with Crippen LogP contribution in [0.5, 0.6) is 0 Å². The second kappa shape index (κ2) is 7.92. The monoisotopic (exact) mass is 415 g/mol. The number of nitrogens with one attached hydrogen (secondary N) is 2. The van der Waals surface area contributed by atoms with Crippen molar-refractivity contribution in [3.63, 3.8) is 0 Å². The Morgan fingerprint density at radius 2 is 1.83 bits per heavy atom. The van der Waals surface area contributed by atoms with Gasteiger partial charge in [-0.25, -0.2) is 9.66 Å². The summed E-state index contributed by atoms with van der Waals surface area (Å²) in [6.45, 7) is 0. The van der Waals surface area contributed by atoms with Crippen LogP contribution < -0.4 is 10.8 Å². The number of hydrogen-bond donors (Lipinski definition) is 2. The summed E-state index contributed by atoms with van der Waals surface area (Å²) in [5.41, 5.74) is 6.01. The van der Waals surface area contributed by atoms with E-state index in [0.717, 1.165) is 29.8 Å². The van der Waals surface area contributed by atoms with E-state index >= 15 is 0 Å². The van der Waals surface area contributed by atoms with Gasteiger partial charge in [-0.15, -0.1) is 0 Å². The molecule has 6 heteroatoms. The zero-order valence-corrected chi connectivity index (χ0v) is 17.2. The summed E-state index contributed by atoms with van der Waals surface area (Å²) in [6, 6.07) is 17.9. The molecule has 2 heterocycles. The number of rotatable bonds is 3. The van der Waals surface area contributed by atoms with Crippen molar-refractivity contribution in [1.82, 2.24) is 9.66 Å². The fourth-order valence-electron chi connectivity index (χ4n) is 4.33. The Morgan fingerprint density at radius 3 is 2.63 bits per heavy atom. The van der Waals surface area contributed by atoms with E-state index < -0.39 is 0 Å². The second-order valence-corrected chi connectivity index (χ2v) is 8.11. The molecule has 2 aromatic carbocycles. The molecule has 30 heavy (non-hydrogen) atoms. The molecule has 2 aliphatic rings. The molecule has 0 amide bonds. The molecule has 1 aliphatic heterocycles. The minimum absolute atomic E-state index is 0.0379. The SMILES string of the molecule is N=c1c2c(ncn1/N=C/c1ccc(Cl)cc1)NC1=C(CCCC1)C2c1ccccc1. The van der Waals surface area contributed by atoms with Crippen LogP contribution in [0.3, 0.4) is 0 Å². The molecule has 3 aromatic rings. The van der Waals surface area contributed by atoms with E-state index in [-0.39, 0.29) is 5.92 Å². The zero-order chi connectivity index (χ0) is 20.5. The minimum atomic E-state index is 0.0379. The summed E-state index contributed by atoms with van der Waals surface area (Å²) >= 11 is 5.96. The minimum Gasteiger partial charge on any atom is -0.343 e. The fourth-order valence-corrected chi connectivity index (χ4v) is 4.46. The van der Waals surface area contributed by atoms with E-state index in [2.05, 4.69) is 39.7 Å². The van der Waals surface area contributed by atoms with Gasteiger partial charge in [0.25, 0.3) is 0 Å². The molecule has 1 unspecified atom stereocenters. The summed E-state index contributed by atoms with van der Waals surface area (Å²) < 4.78 is 1.54. The molecule has 0 radical (unpaired) electrons. The van der Waals surface area contributed by atoms with Crippen LogP contribution in [0.15, 0.2) is 77.3 Å². The van der Waals surface area contributed by atoms with E-state index in [1.54, 1.807) is 17.2 Å². The molecule has 150 valence electrons. The van der Waals surface area contributed by atoms with Crippen LogP contribution in [0.1, 0.15) is 48.3 Å². The Kier molecular flexibility index (Phi) is 4.97. The first-order valence-electron chi connectivity index (χ1n) is 10.2. The molecular formula is C24H22ClN5. The van der Waals surface area contributed by atoms with Gasteiger partial charge in [0.05, 0.1) is 11.8 Å². The Balaban J connectivity index is 1.61. The Bertz CT molecular complexity index is 1190. The smallest absolute Gasteiger partial charge is 0.155 e. The quantitative estimate of drug-likeness (QED) is 0.571. The van der Waals surface area contributed by atoms with Crippen LogP contribution in [0.2, 0.25) is 5.02 Å². The number of nitrogens with zero attached hydrogens (tertiary/aromatic N) is 3. The fraction of sp³-hybridized carbons (Fsp3) is 0.208. The van der Waals surface area contributed by atoms with Crippen molar-refractivity contribution < 1.29 is 0 Å². The molecule has 0 saturated heterocycles. The van der Waals surface area contributed by atoms with Crippen molar-refractivity contribution in [3.05, 3.63) is 99.4 Å². The third-order valence-corrected chi connectivity index (χ3v) is 6.04. The topological polar surface area (TPSA) is 66.1 Å². The van der Waals surface area contributed by atoms with Gasteiger partial charge in [0, 0.05) is 16.6 Å². The van der Waals surface area contributed by atoms with E-state index in [0.29, 0.717) is 10.5 Å². The van der Waals surface area contributed by atoms with Crippen molar-refractivity contribution in [2.45, 2.75) is 31.6 Å². The zero-order valence-electron chi connectivity index (χ0n) is 16.5. The highest BCUT2D eigenvalue weighted by atomic mass is 35.5. The average molecular weight is 416 g/mol. The Hall–Kier alpha value is -3.18. The van der Waals surface area contributed by atoms with E-state index in [1.165, 1.54) is 29.7 Å². The number of halogens is 1. The number of benzene rings is 2. The third kappa shape index (κ3) is 3.46.